The van der Waals surface area contributed by atoms with Crippen LogP contribution in [0.2, 0.25) is 5.02 Å². The summed E-state index contributed by atoms with van der Waals surface area (Å²) < 4.78 is 48.9. The van der Waals surface area contributed by atoms with Crippen LogP contribution in [0.25, 0.3) is 0 Å². The van der Waals surface area contributed by atoms with Crippen molar-refractivity contribution < 1.29 is 17.6 Å². The van der Waals surface area contributed by atoms with Gasteiger partial charge in [-0.15, -0.1) is 0 Å². The first kappa shape index (κ1) is 10.1. The summed E-state index contributed by atoms with van der Waals surface area (Å²) >= 11 is 5.30. The van der Waals surface area contributed by atoms with E-state index in [0.29, 0.717) is 6.07 Å². The minimum Gasteiger partial charge on any atom is -0.395 e. The second-order valence-electron chi connectivity index (χ2n) is 2.32. The quantitative estimate of drug-likeness (QED) is 0.520. The molecule has 0 aliphatic carbocycles. The molecule has 0 fully saturated rings. The van der Waals surface area contributed by atoms with Crippen molar-refractivity contribution in [1.82, 2.24) is 0 Å². The minimum atomic E-state index is -4.75. The van der Waals surface area contributed by atoms with Gasteiger partial charge >= 0.3 is 6.18 Å². The van der Waals surface area contributed by atoms with Crippen LogP contribution in [0.15, 0.2) is 12.1 Å². The molecule has 0 radical (unpaired) electrons. The largest absolute Gasteiger partial charge is 0.419 e. The maximum absolute atomic E-state index is 12.8. The fourth-order valence-electron chi connectivity index (χ4n) is 0.788. The van der Waals surface area contributed by atoms with E-state index in [9.17, 15) is 17.6 Å². The molecule has 1 nitrogen and oxygen atoms in total. The number of hydrogen-bond acceptors (Lipinski definition) is 1. The summed E-state index contributed by atoms with van der Waals surface area (Å²) in [6.45, 7) is 0. The number of nitrogens with two attached hydrogens (primary N) is 1. The molecule has 0 atom stereocenters. The number of halogens is 5. The monoisotopic (exact) mass is 213 g/mol. The van der Waals surface area contributed by atoms with Crippen molar-refractivity contribution in [3.05, 3.63) is 28.5 Å². The Hall–Kier alpha value is -0.970. The lowest BCUT2D eigenvalue weighted by Crippen LogP contribution is -2.09. The average molecular weight is 214 g/mol. The predicted octanol–water partition coefficient (Wildman–Crippen LogP) is 3.08. The summed E-state index contributed by atoms with van der Waals surface area (Å²) in [5.41, 5.74) is 2.88. The summed E-state index contributed by atoms with van der Waals surface area (Å²) in [5.74, 6) is -1.53. The van der Waals surface area contributed by atoms with Gasteiger partial charge in [-0.05, 0) is 12.1 Å². The third-order valence-electron chi connectivity index (χ3n) is 1.43. The van der Waals surface area contributed by atoms with E-state index in [-0.39, 0.29) is 5.02 Å². The Balaban J connectivity index is 3.35. The molecule has 13 heavy (non-hydrogen) atoms. The van der Waals surface area contributed by atoms with E-state index in [0.717, 1.165) is 6.07 Å². The van der Waals surface area contributed by atoms with Crippen LogP contribution < -0.4 is 5.73 Å². The molecular weight excluding hydrogens is 210 g/mol. The number of alkyl halides is 3. The molecule has 0 bridgehead atoms. The van der Waals surface area contributed by atoms with E-state index in [1.807, 2.05) is 0 Å². The van der Waals surface area contributed by atoms with Gasteiger partial charge in [0.15, 0.2) is 5.82 Å². The van der Waals surface area contributed by atoms with E-state index in [4.69, 9.17) is 17.3 Å². The van der Waals surface area contributed by atoms with Gasteiger partial charge in [-0.3, -0.25) is 0 Å². The normalized spacial score (nSPS) is 11.8. The molecule has 1 aromatic rings. The molecule has 0 spiro atoms. The Morgan fingerprint density at radius 2 is 1.77 bits per heavy atom. The molecule has 0 saturated carbocycles. The first-order valence-corrected chi connectivity index (χ1v) is 3.52. The van der Waals surface area contributed by atoms with Crippen LogP contribution in [0, 0.1) is 5.82 Å². The second kappa shape index (κ2) is 3.06. The average Bonchev–Trinajstić information content (AvgIpc) is 1.98. The lowest BCUT2D eigenvalue weighted by atomic mass is 10.2. The van der Waals surface area contributed by atoms with Gasteiger partial charge in [0, 0.05) is 0 Å². The highest BCUT2D eigenvalue weighted by molar-refractivity contribution is 6.33. The fourth-order valence-corrected chi connectivity index (χ4v) is 0.934. The van der Waals surface area contributed by atoms with E-state index in [2.05, 4.69) is 0 Å². The van der Waals surface area contributed by atoms with E-state index in [1.165, 1.54) is 0 Å². The van der Waals surface area contributed by atoms with Crippen molar-refractivity contribution in [1.29, 1.82) is 0 Å². The van der Waals surface area contributed by atoms with Crippen LogP contribution in [0.4, 0.5) is 23.2 Å². The number of nitrogen functional groups attached to an aromatic ring is 1. The molecule has 0 amide bonds. The molecule has 0 heterocycles. The molecule has 6 heteroatoms. The van der Waals surface area contributed by atoms with Crippen LogP contribution in [-0.4, -0.2) is 0 Å². The molecule has 0 saturated heterocycles. The SMILES string of the molecule is Nc1c(Cl)ccc(C(F)(F)F)c1F. The summed E-state index contributed by atoms with van der Waals surface area (Å²) in [6, 6.07) is 1.46. The Kier molecular flexibility index (Phi) is 2.38. The van der Waals surface area contributed by atoms with Gasteiger partial charge in [0.1, 0.15) is 0 Å². The van der Waals surface area contributed by atoms with Crippen LogP contribution in [0.3, 0.4) is 0 Å². The van der Waals surface area contributed by atoms with E-state index < -0.39 is 23.2 Å². The molecule has 2 N–H and O–H groups in total. The summed E-state index contributed by atoms with van der Waals surface area (Å²) in [5, 5.41) is -0.231. The summed E-state index contributed by atoms with van der Waals surface area (Å²) in [6.07, 6.45) is -4.75. The number of hydrogen-bond donors (Lipinski definition) is 1. The number of benzene rings is 1. The van der Waals surface area contributed by atoms with Gasteiger partial charge in [0.2, 0.25) is 0 Å². The molecule has 1 rings (SSSR count). The summed E-state index contributed by atoms with van der Waals surface area (Å²) in [7, 11) is 0. The van der Waals surface area contributed by atoms with Crippen molar-refractivity contribution in [3.8, 4) is 0 Å². The lowest BCUT2D eigenvalue weighted by molar-refractivity contribution is -0.139. The van der Waals surface area contributed by atoms with Crippen molar-refractivity contribution in [2.24, 2.45) is 0 Å². The Morgan fingerprint density at radius 3 is 2.23 bits per heavy atom. The maximum Gasteiger partial charge on any atom is 0.419 e. The van der Waals surface area contributed by atoms with Gasteiger partial charge < -0.3 is 5.73 Å². The molecule has 0 aliphatic heterocycles. The van der Waals surface area contributed by atoms with Crippen LogP contribution >= 0.6 is 11.6 Å². The molecule has 72 valence electrons. The fraction of sp³-hybridized carbons (Fsp3) is 0.143. The number of rotatable bonds is 0. The molecular formula is C7H4ClF4N. The molecule has 1 aromatic carbocycles. The Morgan fingerprint density at radius 1 is 1.23 bits per heavy atom. The van der Waals surface area contributed by atoms with E-state index >= 15 is 0 Å². The van der Waals surface area contributed by atoms with Gasteiger partial charge in [-0.25, -0.2) is 4.39 Å². The highest BCUT2D eigenvalue weighted by Gasteiger charge is 2.35. The number of anilines is 1. The predicted molar refractivity (Wildman–Crippen MR) is 40.8 cm³/mol. The van der Waals surface area contributed by atoms with Gasteiger partial charge in [-0.2, -0.15) is 13.2 Å². The van der Waals surface area contributed by atoms with Crippen LogP contribution in [0.5, 0.6) is 0 Å². The molecule has 0 unspecified atom stereocenters. The maximum atomic E-state index is 12.8. The Labute approximate surface area is 76.1 Å². The Bertz CT molecular complexity index is 334. The first-order valence-electron chi connectivity index (χ1n) is 3.14. The zero-order valence-electron chi connectivity index (χ0n) is 6.12. The zero-order chi connectivity index (χ0) is 10.2. The molecule has 0 aromatic heterocycles. The van der Waals surface area contributed by atoms with Crippen molar-refractivity contribution in [3.63, 3.8) is 0 Å². The van der Waals surface area contributed by atoms with E-state index in [1.54, 1.807) is 0 Å². The highest BCUT2D eigenvalue weighted by Crippen LogP contribution is 2.35. The summed E-state index contributed by atoms with van der Waals surface area (Å²) in [4.78, 5) is 0. The van der Waals surface area contributed by atoms with Crippen LogP contribution in [0.1, 0.15) is 5.56 Å². The standard InChI is InChI=1S/C7H4ClF4N/c8-4-2-1-3(7(10,11)12)5(9)6(4)13/h1-2H,13H2. The first-order chi connectivity index (χ1) is 5.84. The zero-order valence-corrected chi connectivity index (χ0v) is 6.88. The van der Waals surface area contributed by atoms with Gasteiger partial charge in [0.25, 0.3) is 0 Å². The van der Waals surface area contributed by atoms with Crippen molar-refractivity contribution in [2.45, 2.75) is 6.18 Å². The lowest BCUT2D eigenvalue weighted by Gasteiger charge is -2.09. The smallest absolute Gasteiger partial charge is 0.395 e. The van der Waals surface area contributed by atoms with Crippen LogP contribution in [-0.2, 0) is 6.18 Å². The highest BCUT2D eigenvalue weighted by atomic mass is 35.5. The third kappa shape index (κ3) is 1.85. The second-order valence-corrected chi connectivity index (χ2v) is 2.73. The third-order valence-corrected chi connectivity index (χ3v) is 1.76. The van der Waals surface area contributed by atoms with Crippen molar-refractivity contribution >= 4 is 17.3 Å². The topological polar surface area (TPSA) is 26.0 Å². The molecule has 0 aliphatic rings. The van der Waals surface area contributed by atoms with Gasteiger partial charge in [0.05, 0.1) is 16.3 Å². The van der Waals surface area contributed by atoms with Crippen molar-refractivity contribution in [2.75, 3.05) is 5.73 Å². The minimum absolute atomic E-state index is 0.231. The van der Waals surface area contributed by atoms with Gasteiger partial charge in [-0.1, -0.05) is 11.6 Å².